The van der Waals surface area contributed by atoms with E-state index in [4.69, 9.17) is 0 Å². The van der Waals surface area contributed by atoms with E-state index in [9.17, 15) is 4.39 Å². The number of aromatic nitrogens is 1. The first-order valence-electron chi connectivity index (χ1n) is 5.80. The van der Waals surface area contributed by atoms with Crippen molar-refractivity contribution in [2.24, 2.45) is 0 Å². The first-order chi connectivity index (χ1) is 8.77. The average Bonchev–Trinajstić information content (AvgIpc) is 2.40. The Morgan fingerprint density at radius 2 is 1.94 bits per heavy atom. The maximum atomic E-state index is 13.3. The molecule has 0 radical (unpaired) electrons. The molecule has 1 N–H and O–H groups in total. The molecule has 0 atom stereocenters. The molecule has 0 bridgehead atoms. The summed E-state index contributed by atoms with van der Waals surface area (Å²) in [5.74, 6) is -0.219. The van der Waals surface area contributed by atoms with E-state index < -0.39 is 0 Å². The molecule has 0 aliphatic rings. The Balaban J connectivity index is 1.81. The Bertz CT molecular complexity index is 502. The van der Waals surface area contributed by atoms with Crippen LogP contribution in [0.4, 0.5) is 4.39 Å². The molecule has 2 aromatic rings. The van der Waals surface area contributed by atoms with Gasteiger partial charge in [-0.3, -0.25) is 4.98 Å². The number of hydrogen-bond donors (Lipinski definition) is 1. The van der Waals surface area contributed by atoms with Gasteiger partial charge in [0.1, 0.15) is 5.82 Å². The molecular formula is C14H14BrFN2. The summed E-state index contributed by atoms with van der Waals surface area (Å²) < 4.78 is 13.8. The van der Waals surface area contributed by atoms with Crippen LogP contribution in [0.1, 0.15) is 11.1 Å². The normalized spacial score (nSPS) is 10.6. The van der Waals surface area contributed by atoms with Gasteiger partial charge < -0.3 is 5.32 Å². The van der Waals surface area contributed by atoms with Gasteiger partial charge in [0.2, 0.25) is 0 Å². The summed E-state index contributed by atoms with van der Waals surface area (Å²) in [6.45, 7) is 1.51. The van der Waals surface area contributed by atoms with Gasteiger partial charge in [-0.15, -0.1) is 0 Å². The van der Waals surface area contributed by atoms with Gasteiger partial charge in [-0.25, -0.2) is 4.39 Å². The highest BCUT2D eigenvalue weighted by molar-refractivity contribution is 9.10. The van der Waals surface area contributed by atoms with Crippen LogP contribution in [0.25, 0.3) is 0 Å². The Morgan fingerprint density at radius 1 is 1.17 bits per heavy atom. The lowest BCUT2D eigenvalue weighted by atomic mass is 10.2. The summed E-state index contributed by atoms with van der Waals surface area (Å²) in [6, 6.07) is 9.08. The number of pyridine rings is 1. The molecule has 2 rings (SSSR count). The highest BCUT2D eigenvalue weighted by Crippen LogP contribution is 2.19. The minimum atomic E-state index is -0.219. The minimum Gasteiger partial charge on any atom is -0.312 e. The second-order valence-corrected chi connectivity index (χ2v) is 4.79. The summed E-state index contributed by atoms with van der Waals surface area (Å²) >= 11 is 3.25. The lowest BCUT2D eigenvalue weighted by molar-refractivity contribution is 0.612. The van der Waals surface area contributed by atoms with Gasteiger partial charge in [0.25, 0.3) is 0 Å². The van der Waals surface area contributed by atoms with Gasteiger partial charge in [0.05, 0.1) is 4.47 Å². The van der Waals surface area contributed by atoms with E-state index in [0.29, 0.717) is 11.0 Å². The molecule has 18 heavy (non-hydrogen) atoms. The zero-order chi connectivity index (χ0) is 12.8. The monoisotopic (exact) mass is 308 g/mol. The van der Waals surface area contributed by atoms with Crippen molar-refractivity contribution in [1.29, 1.82) is 0 Å². The molecule has 0 saturated heterocycles. The Labute approximate surface area is 114 Å². The molecule has 0 spiro atoms. The maximum Gasteiger partial charge on any atom is 0.137 e. The van der Waals surface area contributed by atoms with Crippen molar-refractivity contribution < 1.29 is 4.39 Å². The van der Waals surface area contributed by atoms with Gasteiger partial charge >= 0.3 is 0 Å². The predicted molar refractivity (Wildman–Crippen MR) is 73.7 cm³/mol. The Hall–Kier alpha value is -1.26. The lowest BCUT2D eigenvalue weighted by Gasteiger charge is -2.07. The third-order valence-corrected chi connectivity index (χ3v) is 3.57. The molecule has 0 saturated carbocycles. The standard InChI is InChI=1S/C14H14BrFN2/c15-14-12(2-1-3-13(14)16)10-18-9-6-11-4-7-17-8-5-11/h1-5,7-8,18H,6,9-10H2. The van der Waals surface area contributed by atoms with Gasteiger partial charge in [-0.05, 0) is 58.2 Å². The number of rotatable bonds is 5. The maximum absolute atomic E-state index is 13.3. The number of benzene rings is 1. The molecular weight excluding hydrogens is 295 g/mol. The Morgan fingerprint density at radius 3 is 2.72 bits per heavy atom. The summed E-state index contributed by atoms with van der Waals surface area (Å²) in [5.41, 5.74) is 2.18. The van der Waals surface area contributed by atoms with E-state index >= 15 is 0 Å². The first kappa shape index (κ1) is 13.2. The van der Waals surface area contributed by atoms with E-state index in [0.717, 1.165) is 18.5 Å². The van der Waals surface area contributed by atoms with Crippen molar-refractivity contribution in [3.05, 3.63) is 64.1 Å². The Kier molecular flexibility index (Phi) is 4.84. The predicted octanol–water partition coefficient (Wildman–Crippen LogP) is 3.32. The molecule has 0 aliphatic carbocycles. The van der Waals surface area contributed by atoms with E-state index in [1.165, 1.54) is 11.6 Å². The van der Waals surface area contributed by atoms with Crippen molar-refractivity contribution in [1.82, 2.24) is 10.3 Å². The van der Waals surface area contributed by atoms with Crippen LogP contribution in [0.15, 0.2) is 47.2 Å². The topological polar surface area (TPSA) is 24.9 Å². The molecule has 1 aromatic carbocycles. The van der Waals surface area contributed by atoms with E-state index in [2.05, 4.69) is 26.2 Å². The van der Waals surface area contributed by atoms with Crippen LogP contribution in [-0.2, 0) is 13.0 Å². The fourth-order valence-electron chi connectivity index (χ4n) is 1.69. The summed E-state index contributed by atoms with van der Waals surface area (Å²) in [6.07, 6.45) is 4.52. The zero-order valence-corrected chi connectivity index (χ0v) is 11.5. The molecule has 0 aliphatic heterocycles. The first-order valence-corrected chi connectivity index (χ1v) is 6.59. The number of nitrogens with zero attached hydrogens (tertiary/aromatic N) is 1. The van der Waals surface area contributed by atoms with E-state index in [1.807, 2.05) is 18.2 Å². The summed E-state index contributed by atoms with van der Waals surface area (Å²) in [4.78, 5) is 3.97. The SMILES string of the molecule is Fc1cccc(CNCCc2ccncc2)c1Br. The smallest absolute Gasteiger partial charge is 0.137 e. The molecule has 1 aromatic heterocycles. The average molecular weight is 309 g/mol. The highest BCUT2D eigenvalue weighted by Gasteiger charge is 2.04. The molecule has 2 nitrogen and oxygen atoms in total. The lowest BCUT2D eigenvalue weighted by Crippen LogP contribution is -2.17. The van der Waals surface area contributed by atoms with Gasteiger partial charge in [-0.1, -0.05) is 12.1 Å². The van der Waals surface area contributed by atoms with Crippen LogP contribution in [-0.4, -0.2) is 11.5 Å². The zero-order valence-electron chi connectivity index (χ0n) is 9.87. The van der Waals surface area contributed by atoms with Gasteiger partial charge in [0, 0.05) is 18.9 Å². The number of nitrogens with one attached hydrogen (secondary N) is 1. The molecule has 0 fully saturated rings. The second kappa shape index (κ2) is 6.61. The van der Waals surface area contributed by atoms with Gasteiger partial charge in [0.15, 0.2) is 0 Å². The molecule has 4 heteroatoms. The van der Waals surface area contributed by atoms with Crippen LogP contribution in [0, 0.1) is 5.82 Å². The van der Waals surface area contributed by atoms with Crippen molar-refractivity contribution in [2.45, 2.75) is 13.0 Å². The van der Waals surface area contributed by atoms with Crippen LogP contribution >= 0.6 is 15.9 Å². The molecule has 94 valence electrons. The third-order valence-electron chi connectivity index (χ3n) is 2.69. The molecule has 0 unspecified atom stereocenters. The molecule has 1 heterocycles. The van der Waals surface area contributed by atoms with Gasteiger partial charge in [-0.2, -0.15) is 0 Å². The summed E-state index contributed by atoms with van der Waals surface area (Å²) in [7, 11) is 0. The van der Waals surface area contributed by atoms with Crippen LogP contribution in [0.3, 0.4) is 0 Å². The summed E-state index contributed by atoms with van der Waals surface area (Å²) in [5, 5.41) is 3.30. The van der Waals surface area contributed by atoms with Crippen LogP contribution < -0.4 is 5.32 Å². The number of halogens is 2. The van der Waals surface area contributed by atoms with Crippen LogP contribution in [0.5, 0.6) is 0 Å². The van der Waals surface area contributed by atoms with Crippen molar-refractivity contribution in [3.8, 4) is 0 Å². The van der Waals surface area contributed by atoms with Crippen LogP contribution in [0.2, 0.25) is 0 Å². The minimum absolute atomic E-state index is 0.219. The quantitative estimate of drug-likeness (QED) is 0.857. The fraction of sp³-hybridized carbons (Fsp3) is 0.214. The largest absolute Gasteiger partial charge is 0.312 e. The second-order valence-electron chi connectivity index (χ2n) is 4.00. The molecule has 0 amide bonds. The van der Waals surface area contributed by atoms with Crippen molar-refractivity contribution >= 4 is 15.9 Å². The van der Waals surface area contributed by atoms with E-state index in [1.54, 1.807) is 18.5 Å². The van der Waals surface area contributed by atoms with E-state index in [-0.39, 0.29) is 5.82 Å². The van der Waals surface area contributed by atoms with Crippen molar-refractivity contribution in [2.75, 3.05) is 6.54 Å². The third kappa shape index (κ3) is 3.62. The highest BCUT2D eigenvalue weighted by atomic mass is 79.9. The van der Waals surface area contributed by atoms with Crippen molar-refractivity contribution in [3.63, 3.8) is 0 Å². The fourth-order valence-corrected chi connectivity index (χ4v) is 2.09. The number of hydrogen-bond acceptors (Lipinski definition) is 2.